The molecule has 3 rings (SSSR count). The second-order valence-corrected chi connectivity index (χ2v) is 10.9. The fourth-order valence-electron chi connectivity index (χ4n) is 3.10. The van der Waals surface area contributed by atoms with E-state index >= 15 is 0 Å². The number of hydrogen-bond donors (Lipinski definition) is 1. The number of methoxy groups -OCH3 is 2. The van der Waals surface area contributed by atoms with Gasteiger partial charge in [0.05, 0.1) is 23.9 Å². The first-order valence-corrected chi connectivity index (χ1v) is 11.7. The van der Waals surface area contributed by atoms with Crippen molar-refractivity contribution in [1.82, 2.24) is 4.31 Å². The van der Waals surface area contributed by atoms with Crippen molar-refractivity contribution in [3.05, 3.63) is 34.1 Å². The molecule has 0 saturated carbocycles. The quantitative estimate of drug-likeness (QED) is 0.671. The zero-order valence-electron chi connectivity index (χ0n) is 15.5. The van der Waals surface area contributed by atoms with Gasteiger partial charge in [0.2, 0.25) is 5.91 Å². The molecule has 152 valence electrons. The van der Waals surface area contributed by atoms with Gasteiger partial charge in [0.1, 0.15) is 4.21 Å². The Morgan fingerprint density at radius 3 is 2.61 bits per heavy atom. The summed E-state index contributed by atoms with van der Waals surface area (Å²) in [7, 11) is -0.530. The number of benzene rings is 1. The molecular formula is C18H21BrN2O5S2. The van der Waals surface area contributed by atoms with Gasteiger partial charge in [-0.25, -0.2) is 8.42 Å². The Bertz CT molecular complexity index is 961. The number of carbonyl (C=O) groups is 1. The Morgan fingerprint density at radius 1 is 1.21 bits per heavy atom. The largest absolute Gasteiger partial charge is 0.493 e. The summed E-state index contributed by atoms with van der Waals surface area (Å²) in [6.07, 6.45) is 1.27. The predicted molar refractivity (Wildman–Crippen MR) is 112 cm³/mol. The highest BCUT2D eigenvalue weighted by Gasteiger charge is 2.34. The van der Waals surface area contributed by atoms with Crippen molar-refractivity contribution in [3.63, 3.8) is 0 Å². The number of amides is 1. The van der Waals surface area contributed by atoms with Crippen LogP contribution in [0.1, 0.15) is 12.8 Å². The Balaban J connectivity index is 1.71. The Labute approximate surface area is 176 Å². The maximum Gasteiger partial charge on any atom is 0.252 e. The van der Waals surface area contributed by atoms with Crippen LogP contribution in [0.4, 0.5) is 5.69 Å². The van der Waals surface area contributed by atoms with Crippen molar-refractivity contribution < 1.29 is 22.7 Å². The molecule has 1 atom stereocenters. The number of ether oxygens (including phenoxy) is 2. The Morgan fingerprint density at radius 2 is 1.96 bits per heavy atom. The van der Waals surface area contributed by atoms with Gasteiger partial charge < -0.3 is 14.8 Å². The molecule has 1 saturated heterocycles. The summed E-state index contributed by atoms with van der Waals surface area (Å²) in [4.78, 5) is 12.7. The molecule has 0 radical (unpaired) electrons. The van der Waals surface area contributed by atoms with Crippen LogP contribution in [-0.4, -0.2) is 45.9 Å². The van der Waals surface area contributed by atoms with E-state index in [4.69, 9.17) is 9.47 Å². The normalized spacial score (nSPS) is 17.9. The van der Waals surface area contributed by atoms with Gasteiger partial charge >= 0.3 is 0 Å². The Hall–Kier alpha value is -1.62. The van der Waals surface area contributed by atoms with Crippen LogP contribution in [0.25, 0.3) is 0 Å². The molecule has 1 fully saturated rings. The molecule has 0 unspecified atom stereocenters. The molecule has 2 aromatic rings. The number of nitrogens with one attached hydrogen (secondary N) is 1. The summed E-state index contributed by atoms with van der Waals surface area (Å²) >= 11 is 4.46. The number of sulfonamides is 1. The van der Waals surface area contributed by atoms with Crippen molar-refractivity contribution in [2.45, 2.75) is 17.1 Å². The standard InChI is InChI=1S/C18H21BrN2O5S2/c1-25-14-6-5-13(10-15(14)26-2)20-18(22)12-4-3-9-21(11-12)28(23,24)17-8-7-16(19)27-17/h5-8,10,12H,3-4,9,11H2,1-2H3,(H,20,22)/t12-/m0/s1. The molecule has 1 aromatic carbocycles. The monoisotopic (exact) mass is 488 g/mol. The molecule has 2 heterocycles. The molecule has 0 bridgehead atoms. The minimum Gasteiger partial charge on any atom is -0.493 e. The lowest BCUT2D eigenvalue weighted by Crippen LogP contribution is -2.43. The van der Waals surface area contributed by atoms with Crippen LogP contribution < -0.4 is 14.8 Å². The summed E-state index contributed by atoms with van der Waals surface area (Å²) in [5.41, 5.74) is 0.574. The number of anilines is 1. The van der Waals surface area contributed by atoms with Gasteiger partial charge in [-0.2, -0.15) is 4.31 Å². The summed E-state index contributed by atoms with van der Waals surface area (Å²) in [6.45, 7) is 0.578. The molecule has 1 aliphatic heterocycles. The van der Waals surface area contributed by atoms with Crippen LogP contribution in [-0.2, 0) is 14.8 Å². The number of carbonyl (C=O) groups excluding carboxylic acids is 1. The average molecular weight is 489 g/mol. The topological polar surface area (TPSA) is 84.9 Å². The smallest absolute Gasteiger partial charge is 0.252 e. The zero-order valence-corrected chi connectivity index (χ0v) is 18.7. The molecule has 7 nitrogen and oxygen atoms in total. The van der Waals surface area contributed by atoms with Gasteiger partial charge in [-0.15, -0.1) is 11.3 Å². The lowest BCUT2D eigenvalue weighted by Gasteiger charge is -2.30. The van der Waals surface area contributed by atoms with E-state index in [1.54, 1.807) is 37.4 Å². The number of nitrogens with zero attached hydrogens (tertiary/aromatic N) is 1. The number of halogens is 1. The van der Waals surface area contributed by atoms with E-state index in [0.717, 1.165) is 3.79 Å². The third kappa shape index (κ3) is 4.51. The molecule has 28 heavy (non-hydrogen) atoms. The molecule has 1 aliphatic rings. The number of thiophene rings is 1. The van der Waals surface area contributed by atoms with Gasteiger partial charge in [-0.05, 0) is 53.0 Å². The fourth-order valence-corrected chi connectivity index (χ4v) is 6.78. The van der Waals surface area contributed by atoms with E-state index in [1.807, 2.05) is 0 Å². The molecular weight excluding hydrogens is 468 g/mol. The highest BCUT2D eigenvalue weighted by atomic mass is 79.9. The first-order chi connectivity index (χ1) is 13.3. The molecule has 10 heteroatoms. The zero-order chi connectivity index (χ0) is 20.3. The fraction of sp³-hybridized carbons (Fsp3) is 0.389. The van der Waals surface area contributed by atoms with Crippen LogP contribution in [0, 0.1) is 5.92 Å². The maximum absolute atomic E-state index is 12.8. The maximum atomic E-state index is 12.8. The molecule has 1 aromatic heterocycles. The van der Waals surface area contributed by atoms with Gasteiger partial charge in [0.25, 0.3) is 10.0 Å². The third-order valence-corrected chi connectivity index (χ3v) is 8.50. The lowest BCUT2D eigenvalue weighted by atomic mass is 9.98. The van der Waals surface area contributed by atoms with Gasteiger partial charge in [0.15, 0.2) is 11.5 Å². The minimum atomic E-state index is -3.59. The van der Waals surface area contributed by atoms with Crippen molar-refractivity contribution in [2.24, 2.45) is 5.92 Å². The van der Waals surface area contributed by atoms with E-state index in [2.05, 4.69) is 21.2 Å². The van der Waals surface area contributed by atoms with Crippen LogP contribution in [0.2, 0.25) is 0 Å². The molecule has 0 aliphatic carbocycles. The first-order valence-electron chi connectivity index (χ1n) is 8.63. The molecule has 0 spiro atoms. The summed E-state index contributed by atoms with van der Waals surface area (Å²) in [6, 6.07) is 8.40. The average Bonchev–Trinajstić information content (AvgIpc) is 3.15. The number of piperidine rings is 1. The first kappa shape index (κ1) is 21.1. The van der Waals surface area contributed by atoms with E-state index in [-0.39, 0.29) is 16.7 Å². The van der Waals surface area contributed by atoms with Crippen LogP contribution in [0.5, 0.6) is 11.5 Å². The summed E-state index contributed by atoms with van der Waals surface area (Å²) in [5, 5.41) is 2.85. The van der Waals surface area contributed by atoms with Crippen LogP contribution in [0.15, 0.2) is 38.3 Å². The SMILES string of the molecule is COc1ccc(NC(=O)[C@H]2CCCN(S(=O)(=O)c3ccc(Br)s3)C2)cc1OC. The van der Waals surface area contributed by atoms with E-state index in [9.17, 15) is 13.2 Å². The predicted octanol–water partition coefficient (Wildman–Crippen LogP) is 3.57. The van der Waals surface area contributed by atoms with E-state index in [0.29, 0.717) is 36.6 Å². The molecule has 1 amide bonds. The summed E-state index contributed by atoms with van der Waals surface area (Å²) in [5.74, 6) is 0.452. The number of hydrogen-bond acceptors (Lipinski definition) is 6. The van der Waals surface area contributed by atoms with E-state index in [1.165, 1.54) is 22.8 Å². The Kier molecular flexibility index (Phi) is 6.64. The van der Waals surface area contributed by atoms with E-state index < -0.39 is 15.9 Å². The highest BCUT2D eigenvalue weighted by Crippen LogP contribution is 2.32. The van der Waals surface area contributed by atoms with Crippen LogP contribution in [0.3, 0.4) is 0 Å². The lowest BCUT2D eigenvalue weighted by molar-refractivity contribution is -0.120. The van der Waals surface area contributed by atoms with Gasteiger partial charge in [-0.1, -0.05) is 0 Å². The summed E-state index contributed by atoms with van der Waals surface area (Å²) < 4.78 is 38.5. The van der Waals surface area contributed by atoms with Crippen molar-refractivity contribution >= 4 is 48.9 Å². The second kappa shape index (κ2) is 8.81. The van der Waals surface area contributed by atoms with Gasteiger partial charge in [0, 0.05) is 24.8 Å². The highest BCUT2D eigenvalue weighted by molar-refractivity contribution is 9.11. The van der Waals surface area contributed by atoms with Crippen molar-refractivity contribution in [3.8, 4) is 11.5 Å². The van der Waals surface area contributed by atoms with Crippen LogP contribution >= 0.6 is 27.3 Å². The minimum absolute atomic E-state index is 0.164. The molecule has 1 N–H and O–H groups in total. The number of rotatable bonds is 6. The second-order valence-electron chi connectivity index (χ2n) is 6.32. The third-order valence-electron chi connectivity index (χ3n) is 4.55. The van der Waals surface area contributed by atoms with Gasteiger partial charge in [-0.3, -0.25) is 4.79 Å². The van der Waals surface area contributed by atoms with Crippen molar-refractivity contribution in [1.29, 1.82) is 0 Å². The van der Waals surface area contributed by atoms with Crippen molar-refractivity contribution in [2.75, 3.05) is 32.6 Å².